The van der Waals surface area contributed by atoms with E-state index in [-0.39, 0.29) is 17.4 Å². The smallest absolute Gasteiger partial charge is 0.254 e. The lowest BCUT2D eigenvalue weighted by Crippen LogP contribution is -2.55. The molecular weight excluding hydrogens is 340 g/mol. The zero-order valence-electron chi connectivity index (χ0n) is 15.9. The lowest BCUT2D eigenvalue weighted by molar-refractivity contribution is -0.116. The number of rotatable bonds is 5. The Labute approximate surface area is 160 Å². The van der Waals surface area contributed by atoms with Gasteiger partial charge in [-0.25, -0.2) is 0 Å². The summed E-state index contributed by atoms with van der Waals surface area (Å²) in [5.74, 6) is -0.0440. The minimum absolute atomic E-state index is 0.00902. The van der Waals surface area contributed by atoms with E-state index in [9.17, 15) is 9.59 Å². The monoisotopic (exact) mass is 366 g/mol. The minimum Gasteiger partial charge on any atom is -0.377 e. The summed E-state index contributed by atoms with van der Waals surface area (Å²) in [4.78, 5) is 26.8. The highest BCUT2D eigenvalue weighted by Crippen LogP contribution is 2.22. The van der Waals surface area contributed by atoms with Crippen molar-refractivity contribution in [2.45, 2.75) is 32.2 Å². The summed E-state index contributed by atoms with van der Waals surface area (Å²) in [6, 6.07) is 17.0. The second-order valence-electron chi connectivity index (χ2n) is 7.43. The Morgan fingerprint density at radius 2 is 1.78 bits per heavy atom. The van der Waals surface area contributed by atoms with Gasteiger partial charge in [-0.2, -0.15) is 0 Å². The Balaban J connectivity index is 1.56. The van der Waals surface area contributed by atoms with Crippen LogP contribution in [0.4, 0.5) is 5.69 Å². The van der Waals surface area contributed by atoms with Crippen LogP contribution in [0.25, 0.3) is 0 Å². The predicted molar refractivity (Wildman–Crippen MR) is 106 cm³/mol. The van der Waals surface area contributed by atoms with Gasteiger partial charge in [0.1, 0.15) is 0 Å². The summed E-state index contributed by atoms with van der Waals surface area (Å²) in [6.45, 7) is 5.69. The van der Waals surface area contributed by atoms with Crippen molar-refractivity contribution in [3.05, 3.63) is 65.7 Å². The fraction of sp³-hybridized carbons (Fsp3) is 0.364. The summed E-state index contributed by atoms with van der Waals surface area (Å²) >= 11 is 0. The van der Waals surface area contributed by atoms with E-state index in [0.717, 1.165) is 5.56 Å². The summed E-state index contributed by atoms with van der Waals surface area (Å²) in [7, 11) is 0. The zero-order chi connectivity index (χ0) is 19.3. The molecule has 1 fully saturated rings. The van der Waals surface area contributed by atoms with E-state index in [4.69, 9.17) is 4.74 Å². The van der Waals surface area contributed by atoms with Gasteiger partial charge in [-0.3, -0.25) is 9.59 Å². The molecule has 0 spiro atoms. The topological polar surface area (TPSA) is 58.6 Å². The van der Waals surface area contributed by atoms with Crippen LogP contribution in [0.5, 0.6) is 0 Å². The third kappa shape index (κ3) is 4.95. The van der Waals surface area contributed by atoms with Crippen LogP contribution in [0.1, 0.15) is 36.2 Å². The Morgan fingerprint density at radius 3 is 2.44 bits per heavy atom. The molecule has 0 radical (unpaired) electrons. The molecule has 0 aromatic heterocycles. The van der Waals surface area contributed by atoms with E-state index in [2.05, 4.69) is 5.32 Å². The number of nitrogens with one attached hydrogen (secondary N) is 1. The Hall–Kier alpha value is -2.66. The van der Waals surface area contributed by atoms with Crippen molar-refractivity contribution in [1.29, 1.82) is 0 Å². The van der Waals surface area contributed by atoms with Gasteiger partial charge in [0.05, 0.1) is 18.8 Å². The van der Waals surface area contributed by atoms with Crippen molar-refractivity contribution in [2.75, 3.05) is 25.1 Å². The van der Waals surface area contributed by atoms with E-state index in [1.54, 1.807) is 24.3 Å². The highest BCUT2D eigenvalue weighted by molar-refractivity contribution is 5.96. The molecule has 0 unspecified atom stereocenters. The van der Waals surface area contributed by atoms with Crippen molar-refractivity contribution in [1.82, 2.24) is 4.90 Å². The fourth-order valence-electron chi connectivity index (χ4n) is 3.21. The van der Waals surface area contributed by atoms with Crippen molar-refractivity contribution < 1.29 is 14.3 Å². The lowest BCUT2D eigenvalue weighted by Gasteiger charge is -2.42. The van der Waals surface area contributed by atoms with Crippen LogP contribution in [-0.4, -0.2) is 42.0 Å². The molecule has 1 N–H and O–H groups in total. The first-order valence-corrected chi connectivity index (χ1v) is 9.29. The average Bonchev–Trinajstić information content (AvgIpc) is 2.67. The minimum atomic E-state index is -0.320. The number of nitrogens with zero attached hydrogens (tertiary/aromatic N) is 1. The van der Waals surface area contributed by atoms with Gasteiger partial charge in [0.2, 0.25) is 5.91 Å². The summed E-state index contributed by atoms with van der Waals surface area (Å²) in [6.07, 6.45) is 1.13. The largest absolute Gasteiger partial charge is 0.377 e. The molecule has 0 atom stereocenters. The van der Waals surface area contributed by atoms with Crippen LogP contribution < -0.4 is 5.32 Å². The molecule has 2 aromatic carbocycles. The molecule has 1 saturated heterocycles. The van der Waals surface area contributed by atoms with Crippen LogP contribution in [0.2, 0.25) is 0 Å². The third-order valence-electron chi connectivity index (χ3n) is 4.79. The zero-order valence-corrected chi connectivity index (χ0v) is 15.9. The second kappa shape index (κ2) is 8.35. The number of ether oxygens (including phenoxy) is 1. The van der Waals surface area contributed by atoms with Gasteiger partial charge in [-0.05, 0) is 50.1 Å². The Kier molecular flexibility index (Phi) is 5.91. The van der Waals surface area contributed by atoms with Gasteiger partial charge in [0, 0.05) is 24.2 Å². The standard InChI is InChI=1S/C22H26N2O3/c1-22(2)16-27-15-14-24(22)21(26)18-9-11-19(12-10-18)23-20(25)13-8-17-6-4-3-5-7-17/h3-7,9-12H,8,13-16H2,1-2H3,(H,23,25). The first-order chi connectivity index (χ1) is 13.0. The molecule has 2 amide bonds. The van der Waals surface area contributed by atoms with Gasteiger partial charge < -0.3 is 15.0 Å². The van der Waals surface area contributed by atoms with Gasteiger partial charge in [-0.1, -0.05) is 30.3 Å². The summed E-state index contributed by atoms with van der Waals surface area (Å²) < 4.78 is 5.48. The molecule has 1 heterocycles. The first kappa shape index (κ1) is 19.1. The molecule has 27 heavy (non-hydrogen) atoms. The van der Waals surface area contributed by atoms with Gasteiger partial charge in [0.15, 0.2) is 0 Å². The number of carbonyl (C=O) groups is 2. The van der Waals surface area contributed by atoms with E-state index in [1.807, 2.05) is 49.1 Å². The molecule has 5 heteroatoms. The predicted octanol–water partition coefficient (Wildman–Crippen LogP) is 3.51. The SMILES string of the molecule is CC1(C)COCCN1C(=O)c1ccc(NC(=O)CCc2ccccc2)cc1. The van der Waals surface area contributed by atoms with Crippen molar-refractivity contribution in [2.24, 2.45) is 0 Å². The van der Waals surface area contributed by atoms with Crippen LogP contribution in [-0.2, 0) is 16.0 Å². The van der Waals surface area contributed by atoms with Crippen LogP contribution in [0, 0.1) is 0 Å². The summed E-state index contributed by atoms with van der Waals surface area (Å²) in [5.41, 5.74) is 2.14. The normalized spacial score (nSPS) is 16.0. The van der Waals surface area contributed by atoms with Gasteiger partial charge in [-0.15, -0.1) is 0 Å². The highest BCUT2D eigenvalue weighted by atomic mass is 16.5. The molecule has 142 valence electrons. The number of benzene rings is 2. The number of hydrogen-bond donors (Lipinski definition) is 1. The average molecular weight is 366 g/mol. The molecule has 5 nitrogen and oxygen atoms in total. The maximum absolute atomic E-state index is 12.8. The quantitative estimate of drug-likeness (QED) is 0.881. The number of aryl methyl sites for hydroxylation is 1. The molecule has 1 aliphatic heterocycles. The van der Waals surface area contributed by atoms with Crippen LogP contribution >= 0.6 is 0 Å². The molecule has 3 rings (SSSR count). The Bertz CT molecular complexity index is 785. The molecule has 0 aliphatic carbocycles. The number of anilines is 1. The highest BCUT2D eigenvalue weighted by Gasteiger charge is 2.34. The second-order valence-corrected chi connectivity index (χ2v) is 7.43. The van der Waals surface area contributed by atoms with Crippen molar-refractivity contribution in [3.63, 3.8) is 0 Å². The van der Waals surface area contributed by atoms with Crippen LogP contribution in [0.3, 0.4) is 0 Å². The molecular formula is C22H26N2O3. The van der Waals surface area contributed by atoms with Crippen LogP contribution in [0.15, 0.2) is 54.6 Å². The molecule has 0 saturated carbocycles. The van der Waals surface area contributed by atoms with Crippen molar-refractivity contribution >= 4 is 17.5 Å². The molecule has 0 bridgehead atoms. The van der Waals surface area contributed by atoms with Gasteiger partial charge in [0.25, 0.3) is 5.91 Å². The lowest BCUT2D eigenvalue weighted by atomic mass is 10.0. The number of amides is 2. The maximum Gasteiger partial charge on any atom is 0.254 e. The van der Waals surface area contributed by atoms with Crippen molar-refractivity contribution in [3.8, 4) is 0 Å². The van der Waals surface area contributed by atoms with E-state index in [0.29, 0.717) is 43.9 Å². The number of morpholine rings is 1. The Morgan fingerprint density at radius 1 is 1.07 bits per heavy atom. The number of carbonyl (C=O) groups excluding carboxylic acids is 2. The fourth-order valence-corrected chi connectivity index (χ4v) is 3.21. The molecule has 2 aromatic rings. The molecule has 1 aliphatic rings. The maximum atomic E-state index is 12.8. The van der Waals surface area contributed by atoms with E-state index >= 15 is 0 Å². The van der Waals surface area contributed by atoms with E-state index < -0.39 is 0 Å². The third-order valence-corrected chi connectivity index (χ3v) is 4.79. The van der Waals surface area contributed by atoms with E-state index in [1.165, 1.54) is 0 Å². The number of hydrogen-bond acceptors (Lipinski definition) is 3. The van der Waals surface area contributed by atoms with Gasteiger partial charge >= 0.3 is 0 Å². The first-order valence-electron chi connectivity index (χ1n) is 9.29. The summed E-state index contributed by atoms with van der Waals surface area (Å²) in [5, 5.41) is 2.89.